The van der Waals surface area contributed by atoms with Crippen molar-refractivity contribution in [3.8, 4) is 0 Å². The van der Waals surface area contributed by atoms with Gasteiger partial charge < -0.3 is 15.0 Å². The fourth-order valence-electron chi connectivity index (χ4n) is 3.34. The molecule has 114 valence electrons. The first-order valence-electron chi connectivity index (χ1n) is 8.00. The number of piperidine rings is 1. The number of aliphatic hydroxyl groups is 1. The molecule has 0 saturated carbocycles. The maximum absolute atomic E-state index is 8.95. The zero-order chi connectivity index (χ0) is 14.7. The van der Waals surface area contributed by atoms with Gasteiger partial charge in [-0.25, -0.2) is 9.97 Å². The van der Waals surface area contributed by atoms with Gasteiger partial charge in [0.25, 0.3) is 0 Å². The number of nitrogens with zero attached hydrogens (tertiary/aromatic N) is 3. The van der Waals surface area contributed by atoms with E-state index >= 15 is 0 Å². The van der Waals surface area contributed by atoms with Crippen LogP contribution in [0.1, 0.15) is 38.2 Å². The number of rotatable bonds is 5. The van der Waals surface area contributed by atoms with E-state index in [0.29, 0.717) is 6.61 Å². The van der Waals surface area contributed by atoms with Crippen LogP contribution in [0, 0.1) is 5.92 Å². The molecule has 2 N–H and O–H groups in total. The first kappa shape index (κ1) is 14.3. The summed E-state index contributed by atoms with van der Waals surface area (Å²) in [4.78, 5) is 14.5. The third kappa shape index (κ3) is 2.88. The van der Waals surface area contributed by atoms with Crippen LogP contribution in [0.15, 0.2) is 12.5 Å². The fraction of sp³-hybridized carbons (Fsp3) is 0.625. The molecule has 1 aliphatic rings. The third-order valence-corrected chi connectivity index (χ3v) is 4.60. The summed E-state index contributed by atoms with van der Waals surface area (Å²) < 4.78 is 0. The van der Waals surface area contributed by atoms with Crippen LogP contribution in [0.3, 0.4) is 0 Å². The van der Waals surface area contributed by atoms with E-state index in [1.807, 2.05) is 0 Å². The average molecular weight is 288 g/mol. The van der Waals surface area contributed by atoms with E-state index in [1.54, 1.807) is 6.33 Å². The molecule has 3 rings (SSSR count). The molecule has 3 heterocycles. The molecule has 1 aliphatic heterocycles. The number of aromatic amines is 1. The molecule has 1 saturated heterocycles. The minimum absolute atomic E-state index is 0.315. The predicted octanol–water partition coefficient (Wildman–Crippen LogP) is 2.51. The molecule has 2 aromatic heterocycles. The normalized spacial score (nSPS) is 16.8. The highest BCUT2D eigenvalue weighted by atomic mass is 16.2. The van der Waals surface area contributed by atoms with Crippen LogP contribution in [0.2, 0.25) is 0 Å². The van der Waals surface area contributed by atoms with Crippen molar-refractivity contribution in [2.75, 3.05) is 24.6 Å². The molecule has 0 radical (unpaired) electrons. The number of nitrogens with one attached hydrogen (secondary N) is 1. The number of fused-ring (bicyclic) bond motifs is 1. The number of aryl methyl sites for hydroxylation is 1. The molecule has 0 atom stereocenters. The van der Waals surface area contributed by atoms with Gasteiger partial charge in [-0.1, -0.05) is 6.92 Å². The maximum Gasteiger partial charge on any atom is 0.143 e. The van der Waals surface area contributed by atoms with Crippen LogP contribution in [0.25, 0.3) is 11.0 Å². The lowest BCUT2D eigenvalue weighted by molar-refractivity contribution is 0.261. The molecule has 5 nitrogen and oxygen atoms in total. The van der Waals surface area contributed by atoms with E-state index in [-0.39, 0.29) is 0 Å². The molecule has 5 heteroatoms. The topological polar surface area (TPSA) is 65.0 Å². The van der Waals surface area contributed by atoms with Crippen molar-refractivity contribution in [3.05, 3.63) is 18.1 Å². The molecule has 0 aliphatic carbocycles. The van der Waals surface area contributed by atoms with E-state index in [9.17, 15) is 0 Å². The zero-order valence-corrected chi connectivity index (χ0v) is 12.7. The Morgan fingerprint density at radius 3 is 2.86 bits per heavy atom. The first-order chi connectivity index (χ1) is 10.3. The lowest BCUT2D eigenvalue weighted by atomic mass is 9.92. The molecule has 0 spiro atoms. The van der Waals surface area contributed by atoms with Gasteiger partial charge in [0.2, 0.25) is 0 Å². The van der Waals surface area contributed by atoms with E-state index in [2.05, 4.69) is 33.0 Å². The molecule has 1 fully saturated rings. The highest BCUT2D eigenvalue weighted by molar-refractivity contribution is 5.90. The smallest absolute Gasteiger partial charge is 0.143 e. The molecule has 0 aromatic carbocycles. The summed E-state index contributed by atoms with van der Waals surface area (Å²) in [6.45, 7) is 4.59. The molecule has 21 heavy (non-hydrogen) atoms. The second-order valence-electron chi connectivity index (χ2n) is 5.88. The number of aromatic nitrogens is 3. The van der Waals surface area contributed by atoms with Gasteiger partial charge >= 0.3 is 0 Å². The largest absolute Gasteiger partial charge is 0.396 e. The summed E-state index contributed by atoms with van der Waals surface area (Å²) in [5, 5.41) is 10.1. The number of anilines is 1. The summed E-state index contributed by atoms with van der Waals surface area (Å²) in [6.07, 6.45) is 9.17. The third-order valence-electron chi connectivity index (χ3n) is 4.60. The van der Waals surface area contributed by atoms with Crippen molar-refractivity contribution < 1.29 is 5.11 Å². The molecule has 0 bridgehead atoms. The summed E-state index contributed by atoms with van der Waals surface area (Å²) in [6, 6.07) is 0. The minimum Gasteiger partial charge on any atom is -0.396 e. The summed E-state index contributed by atoms with van der Waals surface area (Å²) in [5.41, 5.74) is 2.24. The minimum atomic E-state index is 0.315. The fourth-order valence-corrected chi connectivity index (χ4v) is 3.34. The predicted molar refractivity (Wildman–Crippen MR) is 84.5 cm³/mol. The molecular formula is C16H24N4O. The van der Waals surface area contributed by atoms with Gasteiger partial charge in [0, 0.05) is 25.9 Å². The van der Waals surface area contributed by atoms with E-state index in [4.69, 9.17) is 5.11 Å². The maximum atomic E-state index is 8.95. The highest BCUT2D eigenvalue weighted by Crippen LogP contribution is 2.30. The Hall–Kier alpha value is -1.62. The van der Waals surface area contributed by atoms with Crippen molar-refractivity contribution in [2.24, 2.45) is 5.92 Å². The van der Waals surface area contributed by atoms with E-state index < -0.39 is 0 Å². The van der Waals surface area contributed by atoms with Crippen LogP contribution in [0.5, 0.6) is 0 Å². The molecule has 2 aromatic rings. The Morgan fingerprint density at radius 2 is 2.14 bits per heavy atom. The summed E-state index contributed by atoms with van der Waals surface area (Å²) in [7, 11) is 0. The molecule has 0 unspecified atom stereocenters. The van der Waals surface area contributed by atoms with Crippen molar-refractivity contribution in [1.82, 2.24) is 15.0 Å². The van der Waals surface area contributed by atoms with Crippen molar-refractivity contribution in [1.29, 1.82) is 0 Å². The Labute approximate surface area is 125 Å². The average Bonchev–Trinajstić information content (AvgIpc) is 2.96. The number of H-pyrrole nitrogens is 1. The van der Waals surface area contributed by atoms with E-state index in [1.165, 1.54) is 23.8 Å². The van der Waals surface area contributed by atoms with E-state index in [0.717, 1.165) is 49.7 Å². The monoisotopic (exact) mass is 288 g/mol. The first-order valence-corrected chi connectivity index (χ1v) is 8.00. The Kier molecular flexibility index (Phi) is 4.39. The Balaban J connectivity index is 1.77. The van der Waals surface area contributed by atoms with Gasteiger partial charge in [0.05, 0.1) is 5.39 Å². The summed E-state index contributed by atoms with van der Waals surface area (Å²) >= 11 is 0. The van der Waals surface area contributed by atoms with Gasteiger partial charge in [-0.3, -0.25) is 0 Å². The van der Waals surface area contributed by atoms with Crippen LogP contribution in [-0.4, -0.2) is 39.8 Å². The highest BCUT2D eigenvalue weighted by Gasteiger charge is 2.22. The Bertz CT molecular complexity index is 587. The van der Waals surface area contributed by atoms with Crippen LogP contribution >= 0.6 is 0 Å². The van der Waals surface area contributed by atoms with Crippen LogP contribution in [-0.2, 0) is 6.42 Å². The van der Waals surface area contributed by atoms with Gasteiger partial charge in [-0.05, 0) is 43.6 Å². The second-order valence-corrected chi connectivity index (χ2v) is 5.88. The van der Waals surface area contributed by atoms with Crippen molar-refractivity contribution in [2.45, 2.75) is 39.0 Å². The quantitative estimate of drug-likeness (QED) is 0.887. The number of hydrogen-bond acceptors (Lipinski definition) is 4. The lowest BCUT2D eigenvalue weighted by Gasteiger charge is -2.33. The Morgan fingerprint density at radius 1 is 1.33 bits per heavy atom. The lowest BCUT2D eigenvalue weighted by Crippen LogP contribution is -2.34. The molecule has 0 amide bonds. The number of aliphatic hydroxyl groups excluding tert-OH is 1. The van der Waals surface area contributed by atoms with Crippen LogP contribution in [0.4, 0.5) is 5.82 Å². The zero-order valence-electron chi connectivity index (χ0n) is 12.7. The second kappa shape index (κ2) is 6.43. The summed E-state index contributed by atoms with van der Waals surface area (Å²) in [5.74, 6) is 1.83. The van der Waals surface area contributed by atoms with Gasteiger partial charge in [0.1, 0.15) is 17.8 Å². The van der Waals surface area contributed by atoms with Crippen molar-refractivity contribution in [3.63, 3.8) is 0 Å². The van der Waals surface area contributed by atoms with Crippen LogP contribution < -0.4 is 4.90 Å². The van der Waals surface area contributed by atoms with Gasteiger partial charge in [-0.2, -0.15) is 0 Å². The van der Waals surface area contributed by atoms with Gasteiger partial charge in [0.15, 0.2) is 0 Å². The number of hydrogen-bond donors (Lipinski definition) is 2. The molecular weight excluding hydrogens is 264 g/mol. The van der Waals surface area contributed by atoms with Crippen molar-refractivity contribution >= 4 is 16.9 Å². The standard InChI is InChI=1S/C16H24N4O/c1-2-13-10-17-15-14(13)16(19-11-18-15)20-7-5-12(6-8-20)4-3-9-21/h10-12,21H,2-9H2,1H3,(H,17,18,19). The SMILES string of the molecule is CCc1c[nH]c2ncnc(N3CCC(CCCO)CC3)c12. The van der Waals surface area contributed by atoms with Gasteiger partial charge in [-0.15, -0.1) is 0 Å².